The molecule has 0 amide bonds. The van der Waals surface area contributed by atoms with Gasteiger partial charge in [-0.05, 0) is 18.6 Å². The number of aliphatic imine (C=N–C) groups is 1. The maximum absolute atomic E-state index is 5.70. The summed E-state index contributed by atoms with van der Waals surface area (Å²) in [4.78, 5) is 9.02. The van der Waals surface area contributed by atoms with Gasteiger partial charge in [0.1, 0.15) is 6.61 Å². The number of nitrogens with zero attached hydrogens (tertiary/aromatic N) is 2. The van der Waals surface area contributed by atoms with Crippen molar-refractivity contribution in [1.82, 2.24) is 15.6 Å². The van der Waals surface area contributed by atoms with E-state index in [9.17, 15) is 0 Å². The van der Waals surface area contributed by atoms with Crippen molar-refractivity contribution in [2.75, 3.05) is 33.4 Å². The second-order valence-corrected chi connectivity index (χ2v) is 7.11. The maximum Gasteiger partial charge on any atom is 0.218 e. The number of nitrogens with one attached hydrogen (secondary N) is 2. The Balaban J connectivity index is 2.03. The normalized spacial score (nSPS) is 11.9. The minimum Gasteiger partial charge on any atom is -0.475 e. The first-order valence-corrected chi connectivity index (χ1v) is 9.70. The van der Waals surface area contributed by atoms with Crippen LogP contribution < -0.4 is 15.4 Å². The van der Waals surface area contributed by atoms with E-state index in [2.05, 4.69) is 60.7 Å². The number of aromatic nitrogens is 1. The lowest BCUT2D eigenvalue weighted by Crippen LogP contribution is -2.43. The van der Waals surface area contributed by atoms with Gasteiger partial charge in [0, 0.05) is 37.4 Å². The molecule has 0 unspecified atom stereocenters. The minimum absolute atomic E-state index is 0.0137. The van der Waals surface area contributed by atoms with Crippen molar-refractivity contribution >= 4 is 5.96 Å². The van der Waals surface area contributed by atoms with E-state index in [1.165, 1.54) is 5.56 Å². The van der Waals surface area contributed by atoms with Gasteiger partial charge in [0.05, 0.1) is 13.2 Å². The van der Waals surface area contributed by atoms with Gasteiger partial charge in [0.15, 0.2) is 5.96 Å². The molecule has 0 bridgehead atoms. The maximum atomic E-state index is 5.70. The summed E-state index contributed by atoms with van der Waals surface area (Å²) in [6, 6.07) is 14.4. The van der Waals surface area contributed by atoms with Crippen LogP contribution in [0.2, 0.25) is 0 Å². The molecule has 6 nitrogen and oxygen atoms in total. The van der Waals surface area contributed by atoms with Crippen LogP contribution in [0.5, 0.6) is 5.88 Å². The Morgan fingerprint density at radius 2 is 1.86 bits per heavy atom. The lowest BCUT2D eigenvalue weighted by Gasteiger charge is -2.26. The number of rotatable bonds is 10. The Bertz CT molecular complexity index is 732. The van der Waals surface area contributed by atoms with Gasteiger partial charge in [-0.25, -0.2) is 9.98 Å². The molecular weight excluding hydrogens is 352 g/mol. The molecule has 2 rings (SSSR count). The van der Waals surface area contributed by atoms with Crippen molar-refractivity contribution in [1.29, 1.82) is 0 Å². The van der Waals surface area contributed by atoms with Crippen molar-refractivity contribution in [2.45, 2.75) is 32.7 Å². The molecule has 2 aromatic rings. The zero-order valence-electron chi connectivity index (χ0n) is 17.4. The van der Waals surface area contributed by atoms with E-state index < -0.39 is 0 Å². The molecule has 0 radical (unpaired) electrons. The van der Waals surface area contributed by atoms with E-state index in [4.69, 9.17) is 14.5 Å². The van der Waals surface area contributed by atoms with Gasteiger partial charge in [-0.1, -0.05) is 50.2 Å². The average Bonchev–Trinajstić information content (AvgIpc) is 2.72. The van der Waals surface area contributed by atoms with Crippen LogP contribution in [-0.2, 0) is 16.7 Å². The number of ether oxygens (including phenoxy) is 2. The molecule has 0 spiro atoms. The van der Waals surface area contributed by atoms with Crippen molar-refractivity contribution in [3.63, 3.8) is 0 Å². The van der Waals surface area contributed by atoms with Crippen LogP contribution >= 0.6 is 0 Å². The van der Waals surface area contributed by atoms with Gasteiger partial charge in [-0.15, -0.1) is 0 Å². The van der Waals surface area contributed by atoms with E-state index in [1.807, 2.05) is 18.2 Å². The number of pyridine rings is 1. The summed E-state index contributed by atoms with van der Waals surface area (Å²) in [5.74, 6) is 1.38. The highest BCUT2D eigenvalue weighted by Gasteiger charge is 2.20. The standard InChI is InChI=1S/C22H32N4O2/c1-5-23-21(26-17-22(2,3)19-11-7-6-8-12-19)25-16-18-10-9-13-24-20(18)28-15-14-27-4/h6-13H,5,14-17H2,1-4H3,(H2,23,25,26). The van der Waals surface area contributed by atoms with Gasteiger partial charge >= 0.3 is 0 Å². The lowest BCUT2D eigenvalue weighted by molar-refractivity contribution is 0.143. The fourth-order valence-corrected chi connectivity index (χ4v) is 2.70. The Morgan fingerprint density at radius 1 is 1.07 bits per heavy atom. The fourth-order valence-electron chi connectivity index (χ4n) is 2.70. The smallest absolute Gasteiger partial charge is 0.218 e. The van der Waals surface area contributed by atoms with Gasteiger partial charge in [-0.2, -0.15) is 0 Å². The second-order valence-electron chi connectivity index (χ2n) is 7.11. The van der Waals surface area contributed by atoms with E-state index in [-0.39, 0.29) is 5.41 Å². The van der Waals surface area contributed by atoms with E-state index in [1.54, 1.807) is 13.3 Å². The molecule has 2 N–H and O–H groups in total. The topological polar surface area (TPSA) is 67.8 Å². The van der Waals surface area contributed by atoms with E-state index >= 15 is 0 Å². The van der Waals surface area contributed by atoms with Gasteiger partial charge < -0.3 is 20.1 Å². The summed E-state index contributed by atoms with van der Waals surface area (Å²) in [5, 5.41) is 6.77. The summed E-state index contributed by atoms with van der Waals surface area (Å²) < 4.78 is 10.7. The fraction of sp³-hybridized carbons (Fsp3) is 0.455. The molecule has 0 atom stereocenters. The summed E-state index contributed by atoms with van der Waals surface area (Å²) in [5.41, 5.74) is 2.22. The third-order valence-electron chi connectivity index (χ3n) is 4.38. The zero-order chi connectivity index (χ0) is 20.2. The molecule has 28 heavy (non-hydrogen) atoms. The van der Waals surface area contributed by atoms with Crippen molar-refractivity contribution < 1.29 is 9.47 Å². The number of benzene rings is 1. The van der Waals surface area contributed by atoms with Crippen molar-refractivity contribution in [2.24, 2.45) is 4.99 Å². The summed E-state index contributed by atoms with van der Waals surface area (Å²) in [6.45, 7) is 9.55. The summed E-state index contributed by atoms with van der Waals surface area (Å²) in [6.07, 6.45) is 1.72. The van der Waals surface area contributed by atoms with Gasteiger partial charge in [0.25, 0.3) is 0 Å². The molecule has 0 saturated heterocycles. The third kappa shape index (κ3) is 6.85. The van der Waals surface area contributed by atoms with Crippen LogP contribution in [0.1, 0.15) is 31.9 Å². The van der Waals surface area contributed by atoms with E-state index in [0.29, 0.717) is 25.6 Å². The quantitative estimate of drug-likeness (QED) is 0.374. The van der Waals surface area contributed by atoms with Crippen LogP contribution in [0.15, 0.2) is 53.7 Å². The highest BCUT2D eigenvalue weighted by Crippen LogP contribution is 2.21. The van der Waals surface area contributed by atoms with Gasteiger partial charge in [0.2, 0.25) is 5.88 Å². The molecule has 0 aliphatic rings. The number of hydrogen-bond acceptors (Lipinski definition) is 4. The lowest BCUT2D eigenvalue weighted by atomic mass is 9.85. The van der Waals surface area contributed by atoms with Gasteiger partial charge in [-0.3, -0.25) is 0 Å². The van der Waals surface area contributed by atoms with Crippen molar-refractivity contribution in [3.05, 3.63) is 59.8 Å². The molecule has 152 valence electrons. The Kier molecular flexibility index (Phi) is 8.75. The number of hydrogen-bond donors (Lipinski definition) is 2. The average molecular weight is 385 g/mol. The third-order valence-corrected chi connectivity index (χ3v) is 4.38. The molecule has 0 aliphatic carbocycles. The molecule has 1 aromatic carbocycles. The Morgan fingerprint density at radius 3 is 2.57 bits per heavy atom. The predicted octanol–water partition coefficient (Wildman–Crippen LogP) is 3.14. The zero-order valence-corrected chi connectivity index (χ0v) is 17.4. The molecular formula is C22H32N4O2. The minimum atomic E-state index is -0.0137. The van der Waals surface area contributed by atoms with Crippen LogP contribution in [0, 0.1) is 0 Å². The van der Waals surface area contributed by atoms with Crippen LogP contribution in [0.3, 0.4) is 0 Å². The molecule has 0 aliphatic heterocycles. The summed E-state index contributed by atoms with van der Waals surface area (Å²) in [7, 11) is 1.65. The number of guanidine groups is 1. The molecule has 0 fully saturated rings. The molecule has 6 heteroatoms. The highest BCUT2D eigenvalue weighted by molar-refractivity contribution is 5.79. The molecule has 1 heterocycles. The van der Waals surface area contributed by atoms with Crippen LogP contribution in [0.4, 0.5) is 0 Å². The Hall–Kier alpha value is -2.60. The first-order chi connectivity index (χ1) is 13.6. The van der Waals surface area contributed by atoms with E-state index in [0.717, 1.165) is 24.6 Å². The number of methoxy groups -OCH3 is 1. The first kappa shape index (κ1) is 21.7. The van der Waals surface area contributed by atoms with Crippen molar-refractivity contribution in [3.8, 4) is 5.88 Å². The van der Waals surface area contributed by atoms with Crippen LogP contribution in [-0.4, -0.2) is 44.4 Å². The Labute approximate surface area is 168 Å². The molecule has 0 saturated carbocycles. The summed E-state index contributed by atoms with van der Waals surface area (Å²) >= 11 is 0. The highest BCUT2D eigenvalue weighted by atomic mass is 16.5. The SMILES string of the molecule is CCNC(=NCc1cccnc1OCCOC)NCC(C)(C)c1ccccc1. The second kappa shape index (κ2) is 11.3. The van der Waals surface area contributed by atoms with Crippen LogP contribution in [0.25, 0.3) is 0 Å². The first-order valence-electron chi connectivity index (χ1n) is 9.70. The predicted molar refractivity (Wildman–Crippen MR) is 114 cm³/mol. The molecule has 1 aromatic heterocycles. The monoisotopic (exact) mass is 384 g/mol. The largest absolute Gasteiger partial charge is 0.475 e.